The lowest BCUT2D eigenvalue weighted by Crippen LogP contribution is -2.04. The molecule has 0 aliphatic rings. The highest BCUT2D eigenvalue weighted by Gasteiger charge is 2.19. The smallest absolute Gasteiger partial charge is 0.350 e. The summed E-state index contributed by atoms with van der Waals surface area (Å²) in [6.45, 7) is 2.15. The number of ether oxygens (including phenoxy) is 2. The number of hydrogen-bond donors (Lipinski definition) is 0. The van der Waals surface area contributed by atoms with Crippen molar-refractivity contribution in [3.05, 3.63) is 34.8 Å². The summed E-state index contributed by atoms with van der Waals surface area (Å²) in [7, 11) is 1.63. The summed E-state index contributed by atoms with van der Waals surface area (Å²) in [6, 6.07) is 7.58. The molecular weight excluding hydrogens is 342 g/mol. The quantitative estimate of drug-likeness (QED) is 0.602. The Kier molecular flexibility index (Phi) is 5.14. The fourth-order valence-corrected chi connectivity index (χ4v) is 3.23. The second-order valence-corrected chi connectivity index (χ2v) is 5.44. The first-order valence-electron chi connectivity index (χ1n) is 6.06. The highest BCUT2D eigenvalue weighted by molar-refractivity contribution is 9.08. The van der Waals surface area contributed by atoms with Crippen LogP contribution in [0.5, 0.6) is 5.75 Å². The predicted molar refractivity (Wildman–Crippen MR) is 82.7 cm³/mol. The van der Waals surface area contributed by atoms with Gasteiger partial charge in [-0.15, -0.1) is 11.3 Å². The number of carbonyl (C=O) groups is 1. The van der Waals surface area contributed by atoms with Crippen molar-refractivity contribution < 1.29 is 14.3 Å². The molecule has 106 valence electrons. The summed E-state index contributed by atoms with van der Waals surface area (Å²) in [5.41, 5.74) is 1.66. The first-order valence-corrected chi connectivity index (χ1v) is 8.00. The van der Waals surface area contributed by atoms with Gasteiger partial charge in [0.2, 0.25) is 0 Å². The first kappa shape index (κ1) is 15.0. The van der Waals surface area contributed by atoms with Gasteiger partial charge in [-0.1, -0.05) is 15.9 Å². The van der Waals surface area contributed by atoms with Crippen LogP contribution in [-0.2, 0) is 10.1 Å². The van der Waals surface area contributed by atoms with E-state index in [0.29, 0.717) is 22.5 Å². The van der Waals surface area contributed by atoms with Crippen LogP contribution >= 0.6 is 27.3 Å². The maximum atomic E-state index is 11.9. The molecule has 0 saturated carbocycles. The monoisotopic (exact) mass is 355 g/mol. The molecule has 0 radical (unpaired) electrons. The standard InChI is InChI=1S/C14H14BrNO3S/c1-3-19-14(17)12-11(8-15)16-13(20-12)9-4-6-10(18-2)7-5-9/h4-7H,3,8H2,1-2H3. The van der Waals surface area contributed by atoms with Crippen molar-refractivity contribution in [2.24, 2.45) is 0 Å². The summed E-state index contributed by atoms with van der Waals surface area (Å²) in [5.74, 6) is 0.468. The molecule has 0 spiro atoms. The van der Waals surface area contributed by atoms with Gasteiger partial charge in [-0.05, 0) is 31.2 Å². The van der Waals surface area contributed by atoms with E-state index in [1.54, 1.807) is 14.0 Å². The van der Waals surface area contributed by atoms with E-state index in [0.717, 1.165) is 16.3 Å². The molecule has 0 atom stereocenters. The number of esters is 1. The Balaban J connectivity index is 2.34. The van der Waals surface area contributed by atoms with Crippen LogP contribution in [0.4, 0.5) is 0 Å². The van der Waals surface area contributed by atoms with Crippen molar-refractivity contribution in [3.63, 3.8) is 0 Å². The van der Waals surface area contributed by atoms with E-state index in [1.807, 2.05) is 24.3 Å². The van der Waals surface area contributed by atoms with Crippen molar-refractivity contribution in [3.8, 4) is 16.3 Å². The number of aromatic nitrogens is 1. The van der Waals surface area contributed by atoms with Gasteiger partial charge >= 0.3 is 5.97 Å². The van der Waals surface area contributed by atoms with Gasteiger partial charge in [0.1, 0.15) is 15.6 Å². The van der Waals surface area contributed by atoms with Gasteiger partial charge in [-0.25, -0.2) is 9.78 Å². The maximum Gasteiger partial charge on any atom is 0.350 e. The van der Waals surface area contributed by atoms with Gasteiger partial charge in [0, 0.05) is 10.9 Å². The molecule has 0 aliphatic carbocycles. The van der Waals surface area contributed by atoms with E-state index < -0.39 is 0 Å². The second-order valence-electron chi connectivity index (χ2n) is 3.88. The summed E-state index contributed by atoms with van der Waals surface area (Å²) >= 11 is 4.70. The van der Waals surface area contributed by atoms with Crippen LogP contribution in [0.15, 0.2) is 24.3 Å². The van der Waals surface area contributed by atoms with Crippen molar-refractivity contribution >= 4 is 33.2 Å². The Hall–Kier alpha value is -1.40. The third-order valence-corrected chi connectivity index (χ3v) is 4.28. The molecule has 0 aliphatic heterocycles. The number of carbonyl (C=O) groups excluding carboxylic acids is 1. The number of hydrogen-bond acceptors (Lipinski definition) is 5. The molecule has 4 nitrogen and oxygen atoms in total. The predicted octanol–water partition coefficient (Wildman–Crippen LogP) is 3.89. The molecular formula is C14H14BrNO3S. The number of benzene rings is 1. The number of alkyl halides is 1. The Morgan fingerprint density at radius 2 is 2.05 bits per heavy atom. The van der Waals surface area contributed by atoms with Crippen molar-refractivity contribution in [2.75, 3.05) is 13.7 Å². The number of rotatable bonds is 5. The molecule has 0 N–H and O–H groups in total. The minimum absolute atomic E-state index is 0.320. The number of halogens is 1. The normalized spacial score (nSPS) is 10.3. The zero-order valence-electron chi connectivity index (χ0n) is 11.2. The molecule has 2 aromatic rings. The lowest BCUT2D eigenvalue weighted by Gasteiger charge is -2.00. The molecule has 0 fully saturated rings. The van der Waals surface area contributed by atoms with Gasteiger partial charge in [-0.2, -0.15) is 0 Å². The van der Waals surface area contributed by atoms with E-state index in [9.17, 15) is 4.79 Å². The van der Waals surface area contributed by atoms with E-state index in [1.165, 1.54) is 11.3 Å². The van der Waals surface area contributed by atoms with Crippen LogP contribution in [-0.4, -0.2) is 24.7 Å². The topological polar surface area (TPSA) is 48.4 Å². The Labute approximate surface area is 129 Å². The largest absolute Gasteiger partial charge is 0.497 e. The van der Waals surface area contributed by atoms with Crippen molar-refractivity contribution in [1.29, 1.82) is 0 Å². The van der Waals surface area contributed by atoms with Crippen LogP contribution < -0.4 is 4.74 Å². The summed E-state index contributed by atoms with van der Waals surface area (Å²) < 4.78 is 10.2. The van der Waals surface area contributed by atoms with Gasteiger partial charge in [0.05, 0.1) is 19.4 Å². The van der Waals surface area contributed by atoms with Crippen molar-refractivity contribution in [1.82, 2.24) is 4.98 Å². The lowest BCUT2D eigenvalue weighted by molar-refractivity contribution is 0.0531. The summed E-state index contributed by atoms with van der Waals surface area (Å²) in [5, 5.41) is 1.32. The average Bonchev–Trinajstić information content (AvgIpc) is 2.92. The SMILES string of the molecule is CCOC(=O)c1sc(-c2ccc(OC)cc2)nc1CBr. The number of nitrogens with zero attached hydrogens (tertiary/aromatic N) is 1. The first-order chi connectivity index (χ1) is 9.69. The maximum absolute atomic E-state index is 11.9. The molecule has 1 aromatic carbocycles. The molecule has 0 bridgehead atoms. The minimum atomic E-state index is -0.320. The van der Waals surface area contributed by atoms with Crippen LogP contribution in [0, 0.1) is 0 Å². The molecule has 20 heavy (non-hydrogen) atoms. The highest BCUT2D eigenvalue weighted by atomic mass is 79.9. The molecule has 1 heterocycles. The summed E-state index contributed by atoms with van der Waals surface area (Å²) in [6.07, 6.45) is 0. The van der Waals surface area contributed by atoms with E-state index in [4.69, 9.17) is 9.47 Å². The molecule has 1 aromatic heterocycles. The van der Waals surface area contributed by atoms with E-state index >= 15 is 0 Å². The number of methoxy groups -OCH3 is 1. The van der Waals surface area contributed by atoms with Crippen LogP contribution in [0.3, 0.4) is 0 Å². The molecule has 0 unspecified atom stereocenters. The van der Waals surface area contributed by atoms with E-state index in [2.05, 4.69) is 20.9 Å². The highest BCUT2D eigenvalue weighted by Crippen LogP contribution is 2.30. The second kappa shape index (κ2) is 6.85. The third-order valence-electron chi connectivity index (χ3n) is 2.62. The zero-order valence-corrected chi connectivity index (χ0v) is 13.6. The average molecular weight is 356 g/mol. The molecule has 2 rings (SSSR count). The Morgan fingerprint density at radius 1 is 1.35 bits per heavy atom. The fraction of sp³-hybridized carbons (Fsp3) is 0.286. The van der Waals surface area contributed by atoms with Crippen LogP contribution in [0.1, 0.15) is 22.3 Å². The minimum Gasteiger partial charge on any atom is -0.497 e. The summed E-state index contributed by atoms with van der Waals surface area (Å²) in [4.78, 5) is 16.9. The Morgan fingerprint density at radius 3 is 2.60 bits per heavy atom. The van der Waals surface area contributed by atoms with Crippen LogP contribution in [0.2, 0.25) is 0 Å². The van der Waals surface area contributed by atoms with E-state index in [-0.39, 0.29) is 5.97 Å². The van der Waals surface area contributed by atoms with Gasteiger partial charge in [-0.3, -0.25) is 0 Å². The van der Waals surface area contributed by atoms with Gasteiger partial charge in [0.25, 0.3) is 0 Å². The Bertz CT molecular complexity index is 595. The zero-order chi connectivity index (χ0) is 14.5. The molecule has 6 heteroatoms. The van der Waals surface area contributed by atoms with Gasteiger partial charge < -0.3 is 9.47 Å². The molecule has 0 amide bonds. The fourth-order valence-electron chi connectivity index (χ4n) is 1.66. The van der Waals surface area contributed by atoms with Crippen LogP contribution in [0.25, 0.3) is 10.6 Å². The van der Waals surface area contributed by atoms with Crippen molar-refractivity contribution in [2.45, 2.75) is 12.3 Å². The number of thiazole rings is 1. The molecule has 0 saturated heterocycles. The third kappa shape index (κ3) is 3.19. The lowest BCUT2D eigenvalue weighted by atomic mass is 10.2. The van der Waals surface area contributed by atoms with Gasteiger partial charge in [0.15, 0.2) is 0 Å².